The lowest BCUT2D eigenvalue weighted by molar-refractivity contribution is 0.888. The second kappa shape index (κ2) is 3.22. The van der Waals surface area contributed by atoms with Crippen molar-refractivity contribution in [2.45, 2.75) is 0 Å². The van der Waals surface area contributed by atoms with Gasteiger partial charge in [-0.1, -0.05) is 30.9 Å². The van der Waals surface area contributed by atoms with Gasteiger partial charge in [0, 0.05) is 10.9 Å². The van der Waals surface area contributed by atoms with Crippen LogP contribution in [-0.4, -0.2) is 9.19 Å². The molecule has 1 aromatic carbocycles. The van der Waals surface area contributed by atoms with Crippen LogP contribution in [0.5, 0.6) is 0 Å². The van der Waals surface area contributed by atoms with Gasteiger partial charge >= 0.3 is 0 Å². The highest BCUT2D eigenvalue weighted by atomic mass is 32.2. The number of nitrogens with zero attached hydrogens (tertiary/aromatic N) is 2. The van der Waals surface area contributed by atoms with Gasteiger partial charge in [0.15, 0.2) is 12.3 Å². The maximum Gasteiger partial charge on any atom is 0.188 e. The molecule has 13 heavy (non-hydrogen) atoms. The van der Waals surface area contributed by atoms with Crippen molar-refractivity contribution in [2.75, 3.05) is 0 Å². The van der Waals surface area contributed by atoms with Crippen molar-refractivity contribution in [3.8, 4) is 0 Å². The topological polar surface area (TPSA) is 17.8 Å². The van der Waals surface area contributed by atoms with Crippen molar-refractivity contribution in [1.82, 2.24) is 9.19 Å². The molecule has 0 fully saturated rings. The van der Waals surface area contributed by atoms with Gasteiger partial charge in [-0.2, -0.15) is 9.19 Å². The third-order valence-corrected chi connectivity index (χ3v) is 2.28. The Kier molecular flexibility index (Phi) is 2.06. The van der Waals surface area contributed by atoms with Crippen LogP contribution in [-0.2, 0) is 0 Å². The van der Waals surface area contributed by atoms with Crippen molar-refractivity contribution in [3.05, 3.63) is 36.5 Å². The highest BCUT2D eigenvalue weighted by Gasteiger charge is 2.05. The third kappa shape index (κ3) is 1.23. The van der Waals surface area contributed by atoms with Crippen LogP contribution in [0.25, 0.3) is 17.0 Å². The van der Waals surface area contributed by atoms with Crippen LogP contribution in [0.1, 0.15) is 5.56 Å². The van der Waals surface area contributed by atoms with E-state index in [0.717, 1.165) is 16.5 Å². The monoisotopic (exact) mass is 194 g/mol. The Bertz CT molecular complexity index is 450. The number of aromatic nitrogens is 2. The highest BCUT2D eigenvalue weighted by molar-refractivity contribution is 7.92. The van der Waals surface area contributed by atoms with Crippen molar-refractivity contribution < 1.29 is 3.89 Å². The first-order chi connectivity index (χ1) is 6.36. The van der Waals surface area contributed by atoms with Crippen LogP contribution in [0.4, 0.5) is 3.89 Å². The summed E-state index contributed by atoms with van der Waals surface area (Å²) in [6.07, 6.45) is 3.33. The molecule has 0 aliphatic rings. The number of para-hydroxylation sites is 1. The zero-order valence-electron chi connectivity index (χ0n) is 6.77. The van der Waals surface area contributed by atoms with Crippen LogP contribution in [0, 0.1) is 0 Å². The maximum atomic E-state index is 12.4. The fraction of sp³-hybridized carbons (Fsp3) is 0. The zero-order valence-corrected chi connectivity index (χ0v) is 7.59. The Hall–Kier alpha value is -1.29. The van der Waals surface area contributed by atoms with E-state index in [2.05, 4.69) is 11.7 Å². The predicted molar refractivity (Wildman–Crippen MR) is 53.9 cm³/mol. The normalized spacial score (nSPS) is 10.5. The van der Waals surface area contributed by atoms with Crippen LogP contribution < -0.4 is 0 Å². The van der Waals surface area contributed by atoms with E-state index in [4.69, 9.17) is 0 Å². The minimum Gasteiger partial charge on any atom is -0.176 e. The molecule has 4 heteroatoms. The minimum atomic E-state index is 0.0923. The first-order valence-electron chi connectivity index (χ1n) is 3.75. The van der Waals surface area contributed by atoms with Gasteiger partial charge < -0.3 is 0 Å². The second-order valence-corrected chi connectivity index (χ2v) is 3.06. The summed E-state index contributed by atoms with van der Waals surface area (Å²) in [5, 5.41) is 4.80. The molecule has 0 spiro atoms. The summed E-state index contributed by atoms with van der Waals surface area (Å²) in [6.45, 7) is 3.66. The number of hydrogen-bond donors (Lipinski definition) is 0. The molecule has 2 rings (SSSR count). The summed E-state index contributed by atoms with van der Waals surface area (Å²) < 4.78 is 13.6. The van der Waals surface area contributed by atoms with Crippen molar-refractivity contribution in [1.29, 1.82) is 0 Å². The molecule has 0 aliphatic carbocycles. The van der Waals surface area contributed by atoms with Gasteiger partial charge in [0.25, 0.3) is 0 Å². The van der Waals surface area contributed by atoms with E-state index in [1.807, 2.05) is 18.2 Å². The third-order valence-electron chi connectivity index (χ3n) is 1.88. The Balaban J connectivity index is 2.83. The molecule has 1 aromatic heterocycles. The zero-order chi connectivity index (χ0) is 9.26. The predicted octanol–water partition coefficient (Wildman–Crippen LogP) is 3.06. The van der Waals surface area contributed by atoms with Gasteiger partial charge in [-0.25, -0.2) is 0 Å². The average Bonchev–Trinajstić information content (AvgIpc) is 2.60. The highest BCUT2D eigenvalue weighted by Crippen LogP contribution is 2.23. The van der Waals surface area contributed by atoms with Crippen LogP contribution in [0.2, 0.25) is 0 Å². The number of halogens is 1. The van der Waals surface area contributed by atoms with Crippen molar-refractivity contribution in [3.63, 3.8) is 0 Å². The summed E-state index contributed by atoms with van der Waals surface area (Å²) in [4.78, 5) is 0. The first kappa shape index (κ1) is 8.31. The Morgan fingerprint density at radius 1 is 1.54 bits per heavy atom. The summed E-state index contributed by atoms with van der Waals surface area (Å²) in [5.74, 6) is 0. The first-order valence-corrected chi connectivity index (χ1v) is 4.42. The molecule has 1 heterocycles. The molecule has 0 saturated carbocycles. The second-order valence-electron chi connectivity index (χ2n) is 2.58. The maximum absolute atomic E-state index is 12.4. The number of fused-ring (bicyclic) bond motifs is 1. The van der Waals surface area contributed by atoms with E-state index in [1.54, 1.807) is 12.3 Å². The summed E-state index contributed by atoms with van der Waals surface area (Å²) in [5.41, 5.74) is 1.66. The lowest BCUT2D eigenvalue weighted by Gasteiger charge is -1.98. The minimum absolute atomic E-state index is 0.0923. The summed E-state index contributed by atoms with van der Waals surface area (Å²) >= 11 is 0.0923. The lowest BCUT2D eigenvalue weighted by Crippen LogP contribution is -1.86. The van der Waals surface area contributed by atoms with Crippen molar-refractivity contribution in [2.24, 2.45) is 0 Å². The molecule has 0 aliphatic heterocycles. The lowest BCUT2D eigenvalue weighted by atomic mass is 10.1. The van der Waals surface area contributed by atoms with Crippen LogP contribution in [0.3, 0.4) is 0 Å². The molecule has 0 saturated heterocycles. The van der Waals surface area contributed by atoms with E-state index in [9.17, 15) is 3.89 Å². The van der Waals surface area contributed by atoms with E-state index in [0.29, 0.717) is 0 Å². The largest absolute Gasteiger partial charge is 0.188 e. The number of hydrogen-bond acceptors (Lipinski definition) is 2. The van der Waals surface area contributed by atoms with E-state index in [-0.39, 0.29) is 12.3 Å². The molecule has 0 atom stereocenters. The van der Waals surface area contributed by atoms with Gasteiger partial charge in [-0.3, -0.25) is 0 Å². The van der Waals surface area contributed by atoms with Crippen molar-refractivity contribution >= 4 is 29.3 Å². The van der Waals surface area contributed by atoms with E-state index < -0.39 is 0 Å². The SMILES string of the molecule is C=Cc1cccc2cnn(SF)c12. The number of benzene rings is 1. The molecule has 2 nitrogen and oxygen atoms in total. The van der Waals surface area contributed by atoms with Crippen LogP contribution >= 0.6 is 12.3 Å². The Labute approximate surface area is 79.5 Å². The quantitative estimate of drug-likeness (QED) is 0.731. The summed E-state index contributed by atoms with van der Waals surface area (Å²) in [7, 11) is 0. The molecule has 0 amide bonds. The molecule has 66 valence electrons. The Morgan fingerprint density at radius 3 is 3.08 bits per heavy atom. The standard InChI is InChI=1S/C9H7FN2S/c1-2-7-4-3-5-8-6-11-12(13-10)9(7)8/h2-6H,1H2. The van der Waals surface area contributed by atoms with Gasteiger partial charge in [-0.05, 0) is 0 Å². The fourth-order valence-electron chi connectivity index (χ4n) is 1.29. The van der Waals surface area contributed by atoms with Crippen LogP contribution in [0.15, 0.2) is 31.0 Å². The van der Waals surface area contributed by atoms with E-state index >= 15 is 0 Å². The smallest absolute Gasteiger partial charge is 0.176 e. The van der Waals surface area contributed by atoms with Gasteiger partial charge in [0.2, 0.25) is 0 Å². The molecular weight excluding hydrogens is 187 g/mol. The fourth-order valence-corrected chi connectivity index (χ4v) is 1.66. The number of rotatable bonds is 2. The molecule has 0 unspecified atom stereocenters. The molecule has 0 bridgehead atoms. The Morgan fingerprint density at radius 2 is 2.38 bits per heavy atom. The van der Waals surface area contributed by atoms with Gasteiger partial charge in [0.05, 0.1) is 11.7 Å². The van der Waals surface area contributed by atoms with Gasteiger partial charge in [0.1, 0.15) is 0 Å². The molecular formula is C9H7FN2S. The molecule has 0 N–H and O–H groups in total. The average molecular weight is 194 g/mol. The molecule has 2 aromatic rings. The summed E-state index contributed by atoms with van der Waals surface area (Å²) in [6, 6.07) is 5.67. The van der Waals surface area contributed by atoms with E-state index in [1.165, 1.54) is 4.09 Å². The molecule has 0 radical (unpaired) electrons. The van der Waals surface area contributed by atoms with Gasteiger partial charge in [-0.15, -0.1) is 3.89 Å².